The van der Waals surface area contributed by atoms with Gasteiger partial charge in [0.1, 0.15) is 5.82 Å². The molecule has 0 spiro atoms. The Labute approximate surface area is 198 Å². The number of halogens is 1. The van der Waals surface area contributed by atoms with Crippen molar-refractivity contribution in [1.29, 1.82) is 0 Å². The first-order chi connectivity index (χ1) is 16.3. The Morgan fingerprint density at radius 1 is 1.18 bits per heavy atom. The molecule has 0 saturated heterocycles. The van der Waals surface area contributed by atoms with Crippen molar-refractivity contribution in [3.05, 3.63) is 53.5 Å². The van der Waals surface area contributed by atoms with Gasteiger partial charge in [0.05, 0.1) is 24.5 Å². The van der Waals surface area contributed by atoms with E-state index >= 15 is 4.39 Å². The highest BCUT2D eigenvalue weighted by Crippen LogP contribution is 2.52. The van der Waals surface area contributed by atoms with Crippen molar-refractivity contribution in [1.82, 2.24) is 4.57 Å². The van der Waals surface area contributed by atoms with E-state index in [1.54, 1.807) is 6.07 Å². The zero-order chi connectivity index (χ0) is 23.7. The lowest BCUT2D eigenvalue weighted by Crippen LogP contribution is -2.28. The zero-order valence-electron chi connectivity index (χ0n) is 19.1. The van der Waals surface area contributed by atoms with Crippen molar-refractivity contribution in [2.24, 2.45) is 0 Å². The van der Waals surface area contributed by atoms with E-state index in [4.69, 9.17) is 17.3 Å². The predicted molar refractivity (Wildman–Crippen MR) is 127 cm³/mol. The third-order valence-electron chi connectivity index (χ3n) is 7.62. The highest BCUT2D eigenvalue weighted by atomic mass is 19.1. The molecule has 0 bridgehead atoms. The van der Waals surface area contributed by atoms with Gasteiger partial charge in [-0.15, -0.1) is 0 Å². The molecule has 1 unspecified atom stereocenters. The summed E-state index contributed by atoms with van der Waals surface area (Å²) in [6.07, 6.45) is 3.50. The zero-order valence-corrected chi connectivity index (χ0v) is 19.1. The van der Waals surface area contributed by atoms with Crippen LogP contribution in [0.1, 0.15) is 43.9 Å². The highest BCUT2D eigenvalue weighted by molar-refractivity contribution is 6.11. The molecule has 6 nitrogen and oxygen atoms in total. The average molecular weight is 460 g/mol. The van der Waals surface area contributed by atoms with E-state index in [0.29, 0.717) is 30.9 Å². The molecule has 1 aliphatic heterocycles. The fourth-order valence-corrected chi connectivity index (χ4v) is 5.02. The SMILES string of the molecule is [B]C(CO)Cn1c(C2(C)CC2)cc2cc(NC(=O)C3(c4ccc5c(c4)OCO5)CC3)c(F)cc21. The van der Waals surface area contributed by atoms with E-state index < -0.39 is 17.0 Å². The number of aliphatic hydroxyl groups is 1. The largest absolute Gasteiger partial charge is 0.454 e. The Kier molecular flexibility index (Phi) is 4.75. The van der Waals surface area contributed by atoms with Gasteiger partial charge in [-0.25, -0.2) is 4.39 Å². The number of ether oxygens (including phenoxy) is 2. The Balaban J connectivity index is 1.32. The van der Waals surface area contributed by atoms with Crippen LogP contribution in [-0.4, -0.2) is 36.8 Å². The molecule has 2 fully saturated rings. The van der Waals surface area contributed by atoms with Crippen molar-refractivity contribution in [2.75, 3.05) is 18.7 Å². The molecule has 2 saturated carbocycles. The summed E-state index contributed by atoms with van der Waals surface area (Å²) in [7, 11) is 6.03. The van der Waals surface area contributed by atoms with Crippen molar-refractivity contribution in [3.8, 4) is 11.5 Å². The van der Waals surface area contributed by atoms with Crippen LogP contribution < -0.4 is 14.8 Å². The average Bonchev–Trinajstić information content (AvgIpc) is 3.71. The fourth-order valence-electron chi connectivity index (χ4n) is 5.02. The van der Waals surface area contributed by atoms with E-state index in [-0.39, 0.29) is 30.4 Å². The number of aromatic nitrogens is 1. The molecule has 2 radical (unpaired) electrons. The van der Waals surface area contributed by atoms with Gasteiger partial charge in [-0.2, -0.15) is 0 Å². The molecule has 3 aliphatic rings. The van der Waals surface area contributed by atoms with Gasteiger partial charge in [-0.1, -0.05) is 13.0 Å². The summed E-state index contributed by atoms with van der Waals surface area (Å²) >= 11 is 0. The number of aliphatic hydroxyl groups excluding tert-OH is 1. The summed E-state index contributed by atoms with van der Waals surface area (Å²) in [4.78, 5) is 13.3. The van der Waals surface area contributed by atoms with Crippen LogP contribution in [0.4, 0.5) is 10.1 Å². The number of amides is 1. The number of anilines is 1. The number of nitrogens with zero attached hydrogens (tertiary/aromatic N) is 1. The molecule has 6 rings (SSSR count). The van der Waals surface area contributed by atoms with Crippen LogP contribution in [0.3, 0.4) is 0 Å². The van der Waals surface area contributed by atoms with Gasteiger partial charge in [0, 0.05) is 35.7 Å². The molecular formula is C26H26BFN2O4. The third-order valence-corrected chi connectivity index (χ3v) is 7.62. The molecule has 3 aromatic rings. The number of fused-ring (bicyclic) bond motifs is 2. The van der Waals surface area contributed by atoms with Crippen LogP contribution >= 0.6 is 0 Å². The topological polar surface area (TPSA) is 72.7 Å². The minimum atomic E-state index is -0.686. The quantitative estimate of drug-likeness (QED) is 0.519. The molecule has 34 heavy (non-hydrogen) atoms. The fraction of sp³-hybridized carbons (Fsp3) is 0.423. The minimum absolute atomic E-state index is 0.0332. The second kappa shape index (κ2) is 7.50. The third kappa shape index (κ3) is 3.38. The summed E-state index contributed by atoms with van der Waals surface area (Å²) in [5.74, 6) is 0.151. The Bertz CT molecular complexity index is 1310. The number of rotatable bonds is 7. The predicted octanol–water partition coefficient (Wildman–Crippen LogP) is 4.18. The van der Waals surface area contributed by atoms with Crippen LogP contribution in [-0.2, 0) is 22.2 Å². The van der Waals surface area contributed by atoms with Crippen molar-refractivity contribution in [3.63, 3.8) is 0 Å². The van der Waals surface area contributed by atoms with Crippen molar-refractivity contribution >= 4 is 30.3 Å². The normalized spacial score (nSPS) is 19.7. The van der Waals surface area contributed by atoms with Crippen molar-refractivity contribution in [2.45, 2.75) is 55.8 Å². The first kappa shape index (κ1) is 21.5. The van der Waals surface area contributed by atoms with Crippen LogP contribution in [0.2, 0.25) is 5.82 Å². The van der Waals surface area contributed by atoms with Gasteiger partial charge in [0.15, 0.2) is 11.5 Å². The Morgan fingerprint density at radius 2 is 1.94 bits per heavy atom. The Hall–Kier alpha value is -3.00. The van der Waals surface area contributed by atoms with Crippen LogP contribution in [0.25, 0.3) is 10.9 Å². The number of hydrogen-bond donors (Lipinski definition) is 2. The molecule has 2 aliphatic carbocycles. The lowest BCUT2D eigenvalue weighted by molar-refractivity contribution is -0.118. The second-order valence-electron chi connectivity index (χ2n) is 10.1. The van der Waals surface area contributed by atoms with Gasteiger partial charge in [0.25, 0.3) is 0 Å². The van der Waals surface area contributed by atoms with Gasteiger partial charge < -0.3 is 24.5 Å². The molecule has 1 amide bonds. The van der Waals surface area contributed by atoms with Gasteiger partial charge in [-0.05, 0) is 61.3 Å². The number of benzene rings is 2. The van der Waals surface area contributed by atoms with E-state index in [2.05, 4.69) is 18.3 Å². The molecule has 1 atom stereocenters. The molecule has 2 N–H and O–H groups in total. The molecular weight excluding hydrogens is 434 g/mol. The van der Waals surface area contributed by atoms with Gasteiger partial charge in [-0.3, -0.25) is 4.79 Å². The second-order valence-corrected chi connectivity index (χ2v) is 10.1. The van der Waals surface area contributed by atoms with E-state index in [0.717, 1.165) is 35.0 Å². The lowest BCUT2D eigenvalue weighted by atomic mass is 9.88. The van der Waals surface area contributed by atoms with Crippen LogP contribution in [0.5, 0.6) is 11.5 Å². The molecule has 2 heterocycles. The smallest absolute Gasteiger partial charge is 0.235 e. The van der Waals surface area contributed by atoms with Crippen LogP contribution in [0.15, 0.2) is 36.4 Å². The number of carbonyl (C=O) groups is 1. The number of carbonyl (C=O) groups excluding carboxylic acids is 1. The summed E-state index contributed by atoms with van der Waals surface area (Å²) in [5.41, 5.74) is 2.18. The summed E-state index contributed by atoms with van der Waals surface area (Å²) < 4.78 is 28.1. The molecule has 2 aromatic carbocycles. The first-order valence-corrected chi connectivity index (χ1v) is 11.7. The minimum Gasteiger partial charge on any atom is -0.454 e. The summed E-state index contributed by atoms with van der Waals surface area (Å²) in [6.45, 7) is 2.62. The van der Waals surface area contributed by atoms with E-state index in [9.17, 15) is 9.90 Å². The summed E-state index contributed by atoms with van der Waals surface area (Å²) in [5, 5.41) is 13.2. The maximum Gasteiger partial charge on any atom is 0.235 e. The first-order valence-electron chi connectivity index (χ1n) is 11.7. The number of hydrogen-bond acceptors (Lipinski definition) is 4. The van der Waals surface area contributed by atoms with Gasteiger partial charge >= 0.3 is 0 Å². The maximum absolute atomic E-state index is 15.2. The van der Waals surface area contributed by atoms with Crippen LogP contribution in [0, 0.1) is 5.82 Å². The lowest BCUT2D eigenvalue weighted by Gasteiger charge is -2.19. The van der Waals surface area contributed by atoms with Crippen molar-refractivity contribution < 1.29 is 23.8 Å². The number of nitrogens with one attached hydrogen (secondary N) is 1. The standard InChI is InChI=1S/C26H26BFN2O4/c1-25(4-5-25)23-9-15-8-19(18(28)11-20(15)30(23)12-17(27)13-31)29-24(32)26(6-7-26)16-2-3-21-22(10-16)34-14-33-21/h2-3,8-11,17,31H,4-7,12-14H2,1H3,(H,29,32). The Morgan fingerprint density at radius 3 is 2.65 bits per heavy atom. The molecule has 1 aromatic heterocycles. The summed E-state index contributed by atoms with van der Waals surface area (Å²) in [6, 6.07) is 10.8. The molecule has 174 valence electrons. The van der Waals surface area contributed by atoms with E-state index in [1.807, 2.05) is 22.8 Å². The monoisotopic (exact) mass is 460 g/mol. The van der Waals surface area contributed by atoms with Gasteiger partial charge in [0.2, 0.25) is 12.7 Å². The van der Waals surface area contributed by atoms with E-state index in [1.165, 1.54) is 6.07 Å². The highest BCUT2D eigenvalue weighted by Gasteiger charge is 2.52. The maximum atomic E-state index is 15.2. The molecule has 8 heteroatoms.